The summed E-state index contributed by atoms with van der Waals surface area (Å²) in [6, 6.07) is -0.608. The van der Waals surface area contributed by atoms with Gasteiger partial charge in [0, 0.05) is 5.75 Å². The number of thioether (sulfide) groups is 1. The lowest BCUT2D eigenvalue weighted by Crippen LogP contribution is -2.75. The van der Waals surface area contributed by atoms with Gasteiger partial charge in [-0.2, -0.15) is 0 Å². The fourth-order valence-corrected chi connectivity index (χ4v) is 6.14. The van der Waals surface area contributed by atoms with Gasteiger partial charge in [0.25, 0.3) is 5.91 Å². The third-order valence-corrected chi connectivity index (χ3v) is 8.01. The van der Waals surface area contributed by atoms with Gasteiger partial charge in [-0.15, -0.1) is 11.8 Å². The summed E-state index contributed by atoms with van der Waals surface area (Å²) in [6.45, 7) is 7.12. The van der Waals surface area contributed by atoms with Crippen molar-refractivity contribution in [1.29, 1.82) is 0 Å². The fraction of sp³-hybridized carbons (Fsp3) is 0.611. The number of allylic oxidation sites excluding steroid dienone is 1. The highest BCUT2D eigenvalue weighted by atomic mass is 32.2. The van der Waals surface area contributed by atoms with E-state index < -0.39 is 12.0 Å². The first-order valence-electron chi connectivity index (χ1n) is 9.58. The number of carboxylic acid groups (broad SMARTS) is 1. The number of rotatable bonds is 6. The number of carboxylic acids is 1. The van der Waals surface area contributed by atoms with Crippen LogP contribution in [0.2, 0.25) is 0 Å². The minimum atomic E-state index is -1.08. The van der Waals surface area contributed by atoms with Crippen LogP contribution in [0.4, 0.5) is 0 Å². The number of β-lactam (4-membered cyclic amide) rings is 1. The average molecular weight is 410 g/mol. The van der Waals surface area contributed by atoms with Crippen LogP contribution in [0.25, 0.3) is 0 Å². The highest BCUT2D eigenvalue weighted by Gasteiger charge is 2.52. The predicted octanol–water partition coefficient (Wildman–Crippen LogP) is -1.73. The molecule has 2 bridgehead atoms. The first kappa shape index (κ1) is 19.4. The largest absolute Gasteiger partial charge is 0.477 e. The van der Waals surface area contributed by atoms with E-state index in [4.69, 9.17) is 11.5 Å². The Morgan fingerprint density at radius 3 is 2.36 bits per heavy atom. The zero-order valence-electron chi connectivity index (χ0n) is 15.7. The van der Waals surface area contributed by atoms with Crippen LogP contribution in [0.15, 0.2) is 23.4 Å². The summed E-state index contributed by atoms with van der Waals surface area (Å²) in [5.41, 5.74) is 11.9. The molecule has 28 heavy (non-hydrogen) atoms. The van der Waals surface area contributed by atoms with Gasteiger partial charge in [-0.05, 0) is 11.6 Å². The first-order chi connectivity index (χ1) is 13.3. The second-order valence-corrected chi connectivity index (χ2v) is 9.45. The molecule has 0 saturated carbocycles. The predicted molar refractivity (Wildman–Crippen MR) is 104 cm³/mol. The molecule has 5 N–H and O–H groups in total. The summed E-state index contributed by atoms with van der Waals surface area (Å²) < 4.78 is 1.77. The van der Waals surface area contributed by atoms with E-state index in [1.165, 1.54) is 16.7 Å². The van der Waals surface area contributed by atoms with Gasteiger partial charge >= 0.3 is 5.97 Å². The van der Waals surface area contributed by atoms with Gasteiger partial charge in [0.1, 0.15) is 56.4 Å². The Kier molecular flexibility index (Phi) is 4.77. The summed E-state index contributed by atoms with van der Waals surface area (Å²) in [5, 5.41) is 9.34. The molecule has 5 aliphatic rings. The van der Waals surface area contributed by atoms with Crippen LogP contribution in [0.3, 0.4) is 0 Å². The number of amides is 2. The number of quaternary nitrogens is 2. The van der Waals surface area contributed by atoms with Crippen molar-refractivity contribution in [3.05, 3.63) is 23.4 Å². The Balaban J connectivity index is 1.45. The lowest BCUT2D eigenvalue weighted by Gasteiger charge is -2.54. The van der Waals surface area contributed by atoms with E-state index in [2.05, 4.69) is 0 Å². The number of hydrogen-bond acceptors (Lipinski definition) is 5. The molecule has 9 nitrogen and oxygen atoms in total. The van der Waals surface area contributed by atoms with E-state index in [0.29, 0.717) is 17.9 Å². The van der Waals surface area contributed by atoms with E-state index in [9.17, 15) is 19.5 Å². The SMILES string of the molecule is NC(=O)C[N+]12CC[N+](CC=CC3=C(C(=O)O)N4C(=O)[C@@H](N)[C@H]4SC3)(CC1)CC2. The maximum atomic E-state index is 12.0. The van der Waals surface area contributed by atoms with Crippen molar-refractivity contribution in [2.45, 2.75) is 11.4 Å². The number of aliphatic carboxylic acids is 1. The van der Waals surface area contributed by atoms with Gasteiger partial charge in [-0.3, -0.25) is 14.5 Å². The van der Waals surface area contributed by atoms with Crippen LogP contribution >= 0.6 is 11.8 Å². The van der Waals surface area contributed by atoms with Crippen LogP contribution in [-0.2, 0) is 14.4 Å². The second kappa shape index (κ2) is 6.87. The number of nitrogens with two attached hydrogens (primary N) is 2. The van der Waals surface area contributed by atoms with Crippen LogP contribution in [0.1, 0.15) is 0 Å². The Bertz CT molecular complexity index is 770. The van der Waals surface area contributed by atoms with Gasteiger partial charge in [0.15, 0.2) is 6.54 Å². The molecule has 5 rings (SSSR count). The highest BCUT2D eigenvalue weighted by molar-refractivity contribution is 8.00. The fourth-order valence-electron chi connectivity index (χ4n) is 4.87. The van der Waals surface area contributed by atoms with Crippen molar-refractivity contribution in [2.75, 3.05) is 58.1 Å². The molecule has 0 unspecified atom stereocenters. The van der Waals surface area contributed by atoms with E-state index in [0.717, 1.165) is 54.8 Å². The summed E-state index contributed by atoms with van der Waals surface area (Å²) in [7, 11) is 0. The molecule has 4 fully saturated rings. The van der Waals surface area contributed by atoms with Gasteiger partial charge in [-0.25, -0.2) is 4.79 Å². The Morgan fingerprint density at radius 1 is 1.18 bits per heavy atom. The lowest BCUT2D eigenvalue weighted by atomic mass is 10.0. The second-order valence-electron chi connectivity index (χ2n) is 8.35. The van der Waals surface area contributed by atoms with Crippen LogP contribution in [-0.4, -0.2) is 106 Å². The quantitative estimate of drug-likeness (QED) is 0.353. The number of hydrogen-bond donors (Lipinski definition) is 3. The van der Waals surface area contributed by atoms with E-state index in [1.807, 2.05) is 12.2 Å². The van der Waals surface area contributed by atoms with Gasteiger partial charge in [0.2, 0.25) is 5.91 Å². The molecular formula is C18H27N5O4S+2. The van der Waals surface area contributed by atoms with E-state index in [1.54, 1.807) is 0 Å². The molecule has 4 saturated heterocycles. The summed E-state index contributed by atoms with van der Waals surface area (Å²) in [4.78, 5) is 36.4. The highest BCUT2D eigenvalue weighted by Crippen LogP contribution is 2.39. The minimum Gasteiger partial charge on any atom is -0.477 e. The zero-order chi connectivity index (χ0) is 20.1. The molecule has 0 aromatic carbocycles. The van der Waals surface area contributed by atoms with E-state index >= 15 is 0 Å². The molecule has 2 amide bonds. The monoisotopic (exact) mass is 409 g/mol. The van der Waals surface area contributed by atoms with Gasteiger partial charge < -0.3 is 25.5 Å². The number of carbonyl (C=O) groups is 3. The van der Waals surface area contributed by atoms with Gasteiger partial charge in [0.05, 0.1) is 6.54 Å². The molecule has 10 heteroatoms. The number of nitrogens with zero attached hydrogens (tertiary/aromatic N) is 3. The van der Waals surface area contributed by atoms with Crippen molar-refractivity contribution >= 4 is 29.5 Å². The topological polar surface area (TPSA) is 127 Å². The van der Waals surface area contributed by atoms with Crippen molar-refractivity contribution in [1.82, 2.24) is 4.90 Å². The Labute approximate surface area is 167 Å². The molecule has 2 atom stereocenters. The number of primary amides is 1. The average Bonchev–Trinajstić information content (AvgIpc) is 2.67. The van der Waals surface area contributed by atoms with Crippen LogP contribution < -0.4 is 11.5 Å². The zero-order valence-corrected chi connectivity index (χ0v) is 16.6. The third-order valence-electron chi connectivity index (χ3n) is 6.69. The Hall–Kier alpha value is -1.88. The maximum Gasteiger partial charge on any atom is 0.352 e. The molecule has 5 aliphatic heterocycles. The maximum absolute atomic E-state index is 12.0. The molecule has 0 aromatic heterocycles. The van der Waals surface area contributed by atoms with Crippen LogP contribution in [0, 0.1) is 0 Å². The standard InChI is InChI=1S/C18H25N5O4S/c19-13(24)10-23-7-4-22(5-8-23,6-9-23)3-1-2-12-11-28-17-14(20)16(25)21(17)15(12)18(26)27/h1-2,14,17H,3-11,20H2,(H-2,19,24,26,27)/p+2/t14-,17-,22?,23?/m1/s1. The van der Waals surface area contributed by atoms with Crippen molar-refractivity contribution in [3.8, 4) is 0 Å². The molecule has 0 spiro atoms. The number of piperazine rings is 3. The normalized spacial score (nSPS) is 37.2. The van der Waals surface area contributed by atoms with E-state index in [-0.39, 0.29) is 22.9 Å². The molecule has 152 valence electrons. The number of carbonyl (C=O) groups excluding carboxylic acids is 2. The van der Waals surface area contributed by atoms with Crippen molar-refractivity contribution in [2.24, 2.45) is 11.5 Å². The first-order valence-corrected chi connectivity index (χ1v) is 10.6. The van der Waals surface area contributed by atoms with Crippen molar-refractivity contribution in [3.63, 3.8) is 0 Å². The van der Waals surface area contributed by atoms with Crippen LogP contribution in [0.5, 0.6) is 0 Å². The third kappa shape index (κ3) is 3.14. The van der Waals surface area contributed by atoms with Gasteiger partial charge in [-0.1, -0.05) is 6.08 Å². The molecular weight excluding hydrogens is 382 g/mol. The molecule has 0 radical (unpaired) electrons. The molecule has 5 heterocycles. The summed E-state index contributed by atoms with van der Waals surface area (Å²) in [5.74, 6) is -1.10. The number of fused-ring (bicyclic) bond motifs is 4. The smallest absolute Gasteiger partial charge is 0.352 e. The summed E-state index contributed by atoms with van der Waals surface area (Å²) in [6.07, 6.45) is 3.91. The minimum absolute atomic E-state index is 0.0705. The summed E-state index contributed by atoms with van der Waals surface area (Å²) >= 11 is 1.51. The molecule has 0 aromatic rings. The molecule has 0 aliphatic carbocycles. The van der Waals surface area contributed by atoms with Crippen molar-refractivity contribution < 1.29 is 28.5 Å². The Morgan fingerprint density at radius 2 is 1.79 bits per heavy atom. The lowest BCUT2D eigenvalue weighted by molar-refractivity contribution is -1.07.